The summed E-state index contributed by atoms with van der Waals surface area (Å²) in [6.07, 6.45) is 3.97. The van der Waals surface area contributed by atoms with Gasteiger partial charge in [0.25, 0.3) is 0 Å². The van der Waals surface area contributed by atoms with Gasteiger partial charge >= 0.3 is 11.8 Å². The predicted molar refractivity (Wildman–Crippen MR) is 101 cm³/mol. The smallest absolute Gasteiger partial charge is 0.419 e. The number of carbonyl (C=O) groups is 1. The lowest BCUT2D eigenvalue weighted by Gasteiger charge is -2.26. The van der Waals surface area contributed by atoms with Crippen molar-refractivity contribution in [1.29, 1.82) is 0 Å². The molecule has 1 saturated heterocycles. The first kappa shape index (κ1) is 17.4. The molecule has 1 aliphatic heterocycles. The Kier molecular flexibility index (Phi) is 4.72. The van der Waals surface area contributed by atoms with Crippen molar-refractivity contribution < 1.29 is 13.6 Å². The number of anilines is 1. The monoisotopic (exact) mass is 370 g/mol. The second-order valence-corrected chi connectivity index (χ2v) is 6.72. The van der Waals surface area contributed by atoms with E-state index < -0.39 is 5.76 Å². The van der Waals surface area contributed by atoms with Gasteiger partial charge in [0.15, 0.2) is 5.58 Å². The number of hydrogen-bond acceptors (Lipinski definition) is 5. The van der Waals surface area contributed by atoms with Gasteiger partial charge in [-0.3, -0.25) is 9.47 Å². The topological polar surface area (TPSA) is 92.7 Å². The van der Waals surface area contributed by atoms with Gasteiger partial charge in [0.2, 0.25) is 0 Å². The number of amides is 2. The van der Waals surface area contributed by atoms with Gasteiger partial charge in [0.05, 0.1) is 17.8 Å². The Labute approximate surface area is 155 Å². The van der Waals surface area contributed by atoms with E-state index in [1.165, 1.54) is 4.57 Å². The lowest BCUT2D eigenvalue weighted by Crippen LogP contribution is -2.38. The van der Waals surface area contributed by atoms with Crippen LogP contribution in [-0.2, 0) is 7.05 Å². The Morgan fingerprint density at radius 3 is 2.81 bits per heavy atom. The van der Waals surface area contributed by atoms with Crippen LogP contribution in [-0.4, -0.2) is 35.1 Å². The quantitative estimate of drug-likeness (QED) is 0.720. The molecule has 3 heterocycles. The van der Waals surface area contributed by atoms with Crippen molar-refractivity contribution in [3.05, 3.63) is 52.9 Å². The van der Waals surface area contributed by atoms with Gasteiger partial charge in [-0.15, -0.1) is 0 Å². The Morgan fingerprint density at radius 1 is 1.26 bits per heavy atom. The molecule has 142 valence electrons. The van der Waals surface area contributed by atoms with Crippen molar-refractivity contribution in [2.45, 2.75) is 18.9 Å². The third kappa shape index (κ3) is 3.61. The summed E-state index contributed by atoms with van der Waals surface area (Å²) in [5.41, 5.74) is 1.70. The highest BCUT2D eigenvalue weighted by Gasteiger charge is 2.25. The van der Waals surface area contributed by atoms with Crippen LogP contribution in [0.25, 0.3) is 11.1 Å². The van der Waals surface area contributed by atoms with Crippen molar-refractivity contribution in [1.82, 2.24) is 14.8 Å². The first-order valence-corrected chi connectivity index (χ1v) is 9.04. The van der Waals surface area contributed by atoms with E-state index in [0.717, 1.165) is 31.7 Å². The van der Waals surface area contributed by atoms with Crippen LogP contribution in [0.2, 0.25) is 0 Å². The number of likely N-dealkylation sites (tertiary alicyclic amines) is 1. The molecule has 8 nitrogen and oxygen atoms in total. The number of urea groups is 1. The Balaban J connectivity index is 1.42. The van der Waals surface area contributed by atoms with Crippen LogP contribution >= 0.6 is 0 Å². The average Bonchev–Trinajstić information content (AvgIpc) is 3.40. The third-order valence-corrected chi connectivity index (χ3v) is 4.96. The molecule has 2 N–H and O–H groups in total. The number of aromatic nitrogens is 1. The highest BCUT2D eigenvalue weighted by molar-refractivity contribution is 5.91. The number of oxazole rings is 1. The summed E-state index contributed by atoms with van der Waals surface area (Å²) >= 11 is 0. The molecule has 1 aromatic carbocycles. The lowest BCUT2D eigenvalue weighted by atomic mass is 10.2. The van der Waals surface area contributed by atoms with Gasteiger partial charge in [0.1, 0.15) is 5.76 Å². The van der Waals surface area contributed by atoms with Crippen LogP contribution in [0.3, 0.4) is 0 Å². The van der Waals surface area contributed by atoms with E-state index >= 15 is 0 Å². The van der Waals surface area contributed by atoms with Crippen molar-refractivity contribution >= 4 is 22.8 Å². The second-order valence-electron chi connectivity index (χ2n) is 6.72. The number of aryl methyl sites for hydroxylation is 1. The molecule has 0 spiro atoms. The molecule has 2 aromatic heterocycles. The van der Waals surface area contributed by atoms with Gasteiger partial charge in [0, 0.05) is 19.3 Å². The van der Waals surface area contributed by atoms with Crippen molar-refractivity contribution in [3.8, 4) is 0 Å². The highest BCUT2D eigenvalue weighted by atomic mass is 16.4. The van der Waals surface area contributed by atoms with Crippen LogP contribution in [0.4, 0.5) is 10.5 Å². The summed E-state index contributed by atoms with van der Waals surface area (Å²) in [6.45, 7) is 2.45. The second kappa shape index (κ2) is 7.32. The average molecular weight is 370 g/mol. The van der Waals surface area contributed by atoms with E-state index in [-0.39, 0.29) is 12.1 Å². The van der Waals surface area contributed by atoms with E-state index in [9.17, 15) is 9.59 Å². The standard InChI is InChI=1S/C19H22N4O4/c1-22-14-11-13(6-7-17(14)27-19(22)25)21-18(24)20-12-15(16-5-4-10-26-16)23-8-2-3-9-23/h4-7,10-11,15H,2-3,8-9,12H2,1H3,(H2,20,21,24)/t15-/m0/s1. The molecule has 1 aliphatic rings. The molecule has 0 aliphatic carbocycles. The number of furan rings is 1. The molecule has 27 heavy (non-hydrogen) atoms. The highest BCUT2D eigenvalue weighted by Crippen LogP contribution is 2.25. The number of nitrogens with zero attached hydrogens (tertiary/aromatic N) is 2. The maximum Gasteiger partial charge on any atom is 0.419 e. The van der Waals surface area contributed by atoms with Crippen LogP contribution in [0.1, 0.15) is 24.6 Å². The number of nitrogens with one attached hydrogen (secondary N) is 2. The summed E-state index contributed by atoms with van der Waals surface area (Å²) in [5.74, 6) is 0.422. The van der Waals surface area contributed by atoms with E-state index in [0.29, 0.717) is 23.3 Å². The van der Waals surface area contributed by atoms with Gasteiger partial charge < -0.3 is 19.5 Å². The minimum Gasteiger partial charge on any atom is -0.468 e. The normalized spacial score (nSPS) is 15.9. The van der Waals surface area contributed by atoms with Gasteiger partial charge in [-0.25, -0.2) is 9.59 Å². The van der Waals surface area contributed by atoms with Crippen LogP contribution < -0.4 is 16.4 Å². The molecule has 4 rings (SSSR count). The molecular weight excluding hydrogens is 348 g/mol. The number of hydrogen-bond donors (Lipinski definition) is 2. The molecule has 0 unspecified atom stereocenters. The van der Waals surface area contributed by atoms with Crippen LogP contribution in [0.5, 0.6) is 0 Å². The Bertz CT molecular complexity index is 983. The molecule has 1 atom stereocenters. The molecule has 1 fully saturated rings. The van der Waals surface area contributed by atoms with E-state index in [1.807, 2.05) is 12.1 Å². The first-order chi connectivity index (χ1) is 13.1. The zero-order chi connectivity index (χ0) is 18.8. The predicted octanol–water partition coefficient (Wildman–Crippen LogP) is 2.68. The van der Waals surface area contributed by atoms with E-state index in [1.54, 1.807) is 31.5 Å². The van der Waals surface area contributed by atoms with Gasteiger partial charge in [-0.1, -0.05) is 0 Å². The Morgan fingerprint density at radius 2 is 2.07 bits per heavy atom. The zero-order valence-corrected chi connectivity index (χ0v) is 15.1. The number of fused-ring (bicyclic) bond motifs is 1. The third-order valence-electron chi connectivity index (χ3n) is 4.96. The molecule has 0 bridgehead atoms. The lowest BCUT2D eigenvalue weighted by molar-refractivity contribution is 0.207. The Hall–Kier alpha value is -3.00. The fourth-order valence-electron chi connectivity index (χ4n) is 3.51. The van der Waals surface area contributed by atoms with Crippen LogP contribution in [0, 0.1) is 0 Å². The number of carbonyl (C=O) groups excluding carboxylic acids is 1. The van der Waals surface area contributed by atoms with E-state index in [2.05, 4.69) is 15.5 Å². The maximum absolute atomic E-state index is 12.4. The SMILES string of the molecule is Cn1c(=O)oc2ccc(NC(=O)NC[C@@H](c3ccco3)N3CCCC3)cc21. The molecule has 3 aromatic rings. The molecule has 0 radical (unpaired) electrons. The maximum atomic E-state index is 12.4. The fraction of sp³-hybridized carbons (Fsp3) is 0.368. The minimum absolute atomic E-state index is 0.0189. The zero-order valence-electron chi connectivity index (χ0n) is 15.1. The summed E-state index contributed by atoms with van der Waals surface area (Å²) in [6, 6.07) is 8.60. The summed E-state index contributed by atoms with van der Waals surface area (Å²) in [7, 11) is 1.63. The van der Waals surface area contributed by atoms with Gasteiger partial charge in [-0.2, -0.15) is 0 Å². The summed E-state index contributed by atoms with van der Waals surface area (Å²) in [5, 5.41) is 5.73. The fourth-order valence-corrected chi connectivity index (χ4v) is 3.51. The summed E-state index contributed by atoms with van der Waals surface area (Å²) in [4.78, 5) is 26.3. The molecular formula is C19H22N4O4. The van der Waals surface area contributed by atoms with E-state index in [4.69, 9.17) is 8.83 Å². The molecule has 0 saturated carbocycles. The largest absolute Gasteiger partial charge is 0.468 e. The van der Waals surface area contributed by atoms with Crippen molar-refractivity contribution in [2.24, 2.45) is 7.05 Å². The number of benzene rings is 1. The van der Waals surface area contributed by atoms with Crippen LogP contribution in [0.15, 0.2) is 50.2 Å². The van der Waals surface area contributed by atoms with Gasteiger partial charge in [-0.05, 0) is 56.3 Å². The first-order valence-electron chi connectivity index (χ1n) is 9.04. The summed E-state index contributed by atoms with van der Waals surface area (Å²) < 4.78 is 12.1. The molecule has 2 amide bonds. The van der Waals surface area contributed by atoms with Crippen molar-refractivity contribution in [2.75, 3.05) is 25.0 Å². The van der Waals surface area contributed by atoms with Crippen molar-refractivity contribution in [3.63, 3.8) is 0 Å². The number of rotatable bonds is 5. The molecule has 8 heteroatoms. The minimum atomic E-state index is -0.432.